The van der Waals surface area contributed by atoms with E-state index in [0.717, 1.165) is 11.7 Å². The molecule has 1 aliphatic heterocycles. The first-order valence-electron chi connectivity index (χ1n) is 5.14. The molecule has 1 heterocycles. The quantitative estimate of drug-likeness (QED) is 0.786. The predicted octanol–water partition coefficient (Wildman–Crippen LogP) is 1.77. The number of rotatable bonds is 3. The zero-order chi connectivity index (χ0) is 9.97. The Kier molecular flexibility index (Phi) is 2.73. The SMILES string of the molecule is COc1ccc(CC2CNC2)c(C)c1. The number of aryl methyl sites for hydroxylation is 1. The molecule has 2 rings (SSSR count). The van der Waals surface area contributed by atoms with Crippen molar-refractivity contribution in [2.24, 2.45) is 5.92 Å². The van der Waals surface area contributed by atoms with Gasteiger partial charge in [0.15, 0.2) is 0 Å². The Morgan fingerprint density at radius 1 is 1.43 bits per heavy atom. The van der Waals surface area contributed by atoms with Gasteiger partial charge in [-0.3, -0.25) is 0 Å². The van der Waals surface area contributed by atoms with Crippen LogP contribution in [0.4, 0.5) is 0 Å². The normalized spacial score (nSPS) is 16.4. The standard InChI is InChI=1S/C12H17NO/c1-9-5-12(14-2)4-3-11(9)6-10-7-13-8-10/h3-5,10,13H,6-8H2,1-2H3. The maximum atomic E-state index is 5.18. The zero-order valence-corrected chi connectivity index (χ0v) is 8.84. The number of ether oxygens (including phenoxy) is 1. The molecular formula is C12H17NO. The summed E-state index contributed by atoms with van der Waals surface area (Å²) in [6, 6.07) is 6.35. The molecule has 0 bridgehead atoms. The van der Waals surface area contributed by atoms with Crippen LogP contribution in [-0.4, -0.2) is 20.2 Å². The third kappa shape index (κ3) is 1.90. The molecule has 14 heavy (non-hydrogen) atoms. The molecule has 1 N–H and O–H groups in total. The smallest absolute Gasteiger partial charge is 0.119 e. The van der Waals surface area contributed by atoms with Gasteiger partial charge in [-0.1, -0.05) is 6.07 Å². The Morgan fingerprint density at radius 3 is 2.71 bits per heavy atom. The lowest BCUT2D eigenvalue weighted by Gasteiger charge is -2.27. The van der Waals surface area contributed by atoms with Crippen LogP contribution in [0.2, 0.25) is 0 Å². The van der Waals surface area contributed by atoms with Crippen molar-refractivity contribution in [3.05, 3.63) is 29.3 Å². The topological polar surface area (TPSA) is 21.3 Å². The second-order valence-corrected chi connectivity index (χ2v) is 4.02. The predicted molar refractivity (Wildman–Crippen MR) is 57.8 cm³/mol. The Labute approximate surface area is 85.3 Å². The summed E-state index contributed by atoms with van der Waals surface area (Å²) in [5.41, 5.74) is 2.80. The third-order valence-electron chi connectivity index (χ3n) is 2.92. The molecule has 0 radical (unpaired) electrons. The van der Waals surface area contributed by atoms with Gasteiger partial charge in [0.1, 0.15) is 5.75 Å². The molecular weight excluding hydrogens is 174 g/mol. The molecule has 2 nitrogen and oxygen atoms in total. The molecule has 1 aromatic rings. The van der Waals surface area contributed by atoms with E-state index in [0.29, 0.717) is 0 Å². The molecule has 0 amide bonds. The van der Waals surface area contributed by atoms with Gasteiger partial charge in [0.05, 0.1) is 7.11 Å². The maximum Gasteiger partial charge on any atom is 0.119 e. The van der Waals surface area contributed by atoms with Crippen molar-refractivity contribution >= 4 is 0 Å². The largest absolute Gasteiger partial charge is 0.497 e. The highest BCUT2D eigenvalue weighted by molar-refractivity contribution is 5.35. The van der Waals surface area contributed by atoms with Gasteiger partial charge in [-0.15, -0.1) is 0 Å². The molecule has 0 spiro atoms. The number of hydrogen-bond acceptors (Lipinski definition) is 2. The number of methoxy groups -OCH3 is 1. The van der Waals surface area contributed by atoms with Gasteiger partial charge in [-0.2, -0.15) is 0 Å². The summed E-state index contributed by atoms with van der Waals surface area (Å²) in [5.74, 6) is 1.79. The van der Waals surface area contributed by atoms with Gasteiger partial charge in [-0.05, 0) is 55.6 Å². The first kappa shape index (κ1) is 9.53. The summed E-state index contributed by atoms with van der Waals surface area (Å²) >= 11 is 0. The second-order valence-electron chi connectivity index (χ2n) is 4.02. The maximum absolute atomic E-state index is 5.18. The minimum absolute atomic E-state index is 0.835. The van der Waals surface area contributed by atoms with Crippen molar-refractivity contribution < 1.29 is 4.74 Å². The molecule has 0 aromatic heterocycles. The third-order valence-corrected chi connectivity index (χ3v) is 2.92. The van der Waals surface area contributed by atoms with E-state index in [4.69, 9.17) is 4.74 Å². The summed E-state index contributed by atoms with van der Waals surface area (Å²) in [6.07, 6.45) is 1.20. The van der Waals surface area contributed by atoms with Gasteiger partial charge >= 0.3 is 0 Å². The van der Waals surface area contributed by atoms with Gasteiger partial charge < -0.3 is 10.1 Å². The van der Waals surface area contributed by atoms with Crippen LogP contribution < -0.4 is 10.1 Å². The van der Waals surface area contributed by atoms with Gasteiger partial charge in [0.25, 0.3) is 0 Å². The lowest BCUT2D eigenvalue weighted by atomic mass is 9.92. The highest BCUT2D eigenvalue weighted by Gasteiger charge is 2.17. The zero-order valence-electron chi connectivity index (χ0n) is 8.84. The highest BCUT2D eigenvalue weighted by Crippen LogP contribution is 2.20. The van der Waals surface area contributed by atoms with Crippen molar-refractivity contribution in [1.82, 2.24) is 5.32 Å². The molecule has 1 fully saturated rings. The Hall–Kier alpha value is -1.02. The van der Waals surface area contributed by atoms with Crippen molar-refractivity contribution in [2.75, 3.05) is 20.2 Å². The van der Waals surface area contributed by atoms with Crippen LogP contribution in [0.1, 0.15) is 11.1 Å². The molecule has 1 saturated heterocycles. The monoisotopic (exact) mass is 191 g/mol. The summed E-state index contributed by atoms with van der Waals surface area (Å²) < 4.78 is 5.18. The van der Waals surface area contributed by atoms with E-state index in [2.05, 4.69) is 30.4 Å². The molecule has 1 aromatic carbocycles. The van der Waals surface area contributed by atoms with Crippen LogP contribution in [0, 0.1) is 12.8 Å². The van der Waals surface area contributed by atoms with E-state index < -0.39 is 0 Å². The molecule has 2 heteroatoms. The summed E-state index contributed by atoms with van der Waals surface area (Å²) in [7, 11) is 1.71. The molecule has 1 aliphatic rings. The van der Waals surface area contributed by atoms with Crippen molar-refractivity contribution in [3.63, 3.8) is 0 Å². The number of hydrogen-bond donors (Lipinski definition) is 1. The summed E-state index contributed by atoms with van der Waals surface area (Å²) in [6.45, 7) is 4.50. The lowest BCUT2D eigenvalue weighted by Crippen LogP contribution is -2.43. The lowest BCUT2D eigenvalue weighted by molar-refractivity contribution is 0.346. The first-order chi connectivity index (χ1) is 6.79. The van der Waals surface area contributed by atoms with Crippen LogP contribution in [0.3, 0.4) is 0 Å². The van der Waals surface area contributed by atoms with Crippen molar-refractivity contribution in [1.29, 1.82) is 0 Å². The average Bonchev–Trinajstić information content (AvgIpc) is 2.13. The van der Waals surface area contributed by atoms with Crippen LogP contribution in [0.5, 0.6) is 5.75 Å². The minimum atomic E-state index is 0.835. The fourth-order valence-electron chi connectivity index (χ4n) is 1.83. The van der Waals surface area contributed by atoms with E-state index in [1.54, 1.807) is 7.11 Å². The molecule has 0 aliphatic carbocycles. The summed E-state index contributed by atoms with van der Waals surface area (Å²) in [4.78, 5) is 0. The Balaban J connectivity index is 2.09. The average molecular weight is 191 g/mol. The second kappa shape index (κ2) is 4.01. The van der Waals surface area contributed by atoms with E-state index in [1.165, 1.54) is 30.6 Å². The molecule has 0 saturated carbocycles. The molecule has 76 valence electrons. The Morgan fingerprint density at radius 2 is 2.21 bits per heavy atom. The van der Waals surface area contributed by atoms with E-state index in [1.807, 2.05) is 0 Å². The summed E-state index contributed by atoms with van der Waals surface area (Å²) in [5, 5.41) is 3.30. The first-order valence-corrected chi connectivity index (χ1v) is 5.14. The van der Waals surface area contributed by atoms with Crippen LogP contribution in [-0.2, 0) is 6.42 Å². The fraction of sp³-hybridized carbons (Fsp3) is 0.500. The van der Waals surface area contributed by atoms with Crippen LogP contribution in [0.15, 0.2) is 18.2 Å². The van der Waals surface area contributed by atoms with E-state index >= 15 is 0 Å². The van der Waals surface area contributed by atoms with E-state index in [-0.39, 0.29) is 0 Å². The fourth-order valence-corrected chi connectivity index (χ4v) is 1.83. The Bertz CT molecular complexity index is 318. The van der Waals surface area contributed by atoms with Crippen molar-refractivity contribution in [2.45, 2.75) is 13.3 Å². The molecule has 0 atom stereocenters. The number of nitrogens with one attached hydrogen (secondary N) is 1. The number of benzene rings is 1. The van der Waals surface area contributed by atoms with Gasteiger partial charge in [0, 0.05) is 0 Å². The van der Waals surface area contributed by atoms with Gasteiger partial charge in [-0.25, -0.2) is 0 Å². The van der Waals surface area contributed by atoms with Crippen molar-refractivity contribution in [3.8, 4) is 5.75 Å². The molecule has 0 unspecified atom stereocenters. The highest BCUT2D eigenvalue weighted by atomic mass is 16.5. The van der Waals surface area contributed by atoms with Crippen LogP contribution in [0.25, 0.3) is 0 Å². The van der Waals surface area contributed by atoms with Gasteiger partial charge in [0.2, 0.25) is 0 Å². The minimum Gasteiger partial charge on any atom is -0.497 e. The van der Waals surface area contributed by atoms with Crippen LogP contribution >= 0.6 is 0 Å². The van der Waals surface area contributed by atoms with E-state index in [9.17, 15) is 0 Å².